The molecule has 0 aliphatic heterocycles. The molecule has 27 heavy (non-hydrogen) atoms. The van der Waals surface area contributed by atoms with E-state index in [0.717, 1.165) is 19.4 Å². The number of hydrogen-bond donors (Lipinski definition) is 1. The molecule has 0 heterocycles. The number of methoxy groups -OCH3 is 2. The minimum Gasteiger partial charge on any atom is -0.497 e. The van der Waals surface area contributed by atoms with Crippen LogP contribution in [-0.2, 0) is 4.74 Å². The molecule has 0 bridgehead atoms. The Hall–Kier alpha value is -3.02. The SMILES string of the molecule is CCCCNc1ccccc1C(=O)OCC(=O)c1cc(OC)ccc1OC. The molecular weight excluding hydrogens is 346 g/mol. The number of carbonyl (C=O) groups is 2. The van der Waals surface area contributed by atoms with Crippen molar-refractivity contribution in [3.63, 3.8) is 0 Å². The molecule has 0 radical (unpaired) electrons. The van der Waals surface area contributed by atoms with E-state index in [9.17, 15) is 9.59 Å². The zero-order valence-electron chi connectivity index (χ0n) is 15.9. The van der Waals surface area contributed by atoms with Crippen LogP contribution in [0.3, 0.4) is 0 Å². The Kier molecular flexibility index (Phi) is 7.67. The van der Waals surface area contributed by atoms with Gasteiger partial charge in [0.1, 0.15) is 11.5 Å². The average Bonchev–Trinajstić information content (AvgIpc) is 2.71. The van der Waals surface area contributed by atoms with Crippen LogP contribution in [0.4, 0.5) is 5.69 Å². The number of nitrogens with one attached hydrogen (secondary N) is 1. The summed E-state index contributed by atoms with van der Waals surface area (Å²) in [6, 6.07) is 12.0. The largest absolute Gasteiger partial charge is 0.497 e. The monoisotopic (exact) mass is 371 g/mol. The molecule has 6 nitrogen and oxygen atoms in total. The van der Waals surface area contributed by atoms with E-state index in [1.165, 1.54) is 14.2 Å². The molecule has 0 fully saturated rings. The first-order valence-corrected chi connectivity index (χ1v) is 8.86. The van der Waals surface area contributed by atoms with Gasteiger partial charge in [-0.3, -0.25) is 4.79 Å². The van der Waals surface area contributed by atoms with Crippen molar-refractivity contribution in [2.75, 3.05) is 32.7 Å². The van der Waals surface area contributed by atoms with Gasteiger partial charge >= 0.3 is 5.97 Å². The van der Waals surface area contributed by atoms with Crippen LogP contribution in [0.5, 0.6) is 11.5 Å². The van der Waals surface area contributed by atoms with E-state index in [1.54, 1.807) is 30.3 Å². The third-order valence-electron chi connectivity index (χ3n) is 4.03. The molecule has 0 aliphatic carbocycles. The topological polar surface area (TPSA) is 73.9 Å². The molecule has 0 aromatic heterocycles. The van der Waals surface area contributed by atoms with Crippen LogP contribution < -0.4 is 14.8 Å². The third-order valence-corrected chi connectivity index (χ3v) is 4.03. The fourth-order valence-electron chi connectivity index (χ4n) is 2.53. The van der Waals surface area contributed by atoms with E-state index in [4.69, 9.17) is 14.2 Å². The van der Waals surface area contributed by atoms with Gasteiger partial charge in [-0.2, -0.15) is 0 Å². The van der Waals surface area contributed by atoms with Crippen molar-refractivity contribution in [3.8, 4) is 11.5 Å². The second-order valence-corrected chi connectivity index (χ2v) is 5.89. The number of rotatable bonds is 10. The lowest BCUT2D eigenvalue weighted by molar-refractivity contribution is 0.0475. The maximum Gasteiger partial charge on any atom is 0.340 e. The molecule has 1 N–H and O–H groups in total. The Morgan fingerprint density at radius 2 is 1.78 bits per heavy atom. The predicted molar refractivity (Wildman–Crippen MR) is 104 cm³/mol. The highest BCUT2D eigenvalue weighted by atomic mass is 16.5. The number of ether oxygens (including phenoxy) is 3. The van der Waals surface area contributed by atoms with Crippen molar-refractivity contribution in [2.45, 2.75) is 19.8 Å². The maximum absolute atomic E-state index is 12.5. The summed E-state index contributed by atoms with van der Waals surface area (Å²) in [4.78, 5) is 24.9. The van der Waals surface area contributed by atoms with Crippen molar-refractivity contribution >= 4 is 17.4 Å². The van der Waals surface area contributed by atoms with E-state index in [-0.39, 0.29) is 12.4 Å². The van der Waals surface area contributed by atoms with Gasteiger partial charge in [0.15, 0.2) is 6.61 Å². The summed E-state index contributed by atoms with van der Waals surface area (Å²) in [6.07, 6.45) is 2.05. The number of anilines is 1. The van der Waals surface area contributed by atoms with E-state index < -0.39 is 5.97 Å². The van der Waals surface area contributed by atoms with Gasteiger partial charge < -0.3 is 19.5 Å². The number of esters is 1. The van der Waals surface area contributed by atoms with Gasteiger partial charge in [-0.05, 0) is 36.8 Å². The Labute approximate surface area is 159 Å². The number of unbranched alkanes of at least 4 members (excludes halogenated alkanes) is 1. The van der Waals surface area contributed by atoms with E-state index in [2.05, 4.69) is 12.2 Å². The zero-order valence-corrected chi connectivity index (χ0v) is 15.9. The summed E-state index contributed by atoms with van der Waals surface area (Å²) < 4.78 is 15.6. The molecule has 2 aromatic carbocycles. The highest BCUT2D eigenvalue weighted by molar-refractivity contribution is 6.02. The highest BCUT2D eigenvalue weighted by Crippen LogP contribution is 2.24. The number of para-hydroxylation sites is 1. The predicted octanol–water partition coefficient (Wildman–Crippen LogP) is 3.96. The molecular formula is C21H25NO5. The van der Waals surface area contributed by atoms with Gasteiger partial charge in [0.25, 0.3) is 0 Å². The summed E-state index contributed by atoms with van der Waals surface area (Å²) in [5, 5.41) is 3.23. The number of benzene rings is 2. The average molecular weight is 371 g/mol. The van der Waals surface area contributed by atoms with Crippen LogP contribution in [0, 0.1) is 0 Å². The quantitative estimate of drug-likeness (QED) is 0.387. The molecule has 0 aliphatic rings. The molecule has 0 unspecified atom stereocenters. The van der Waals surface area contributed by atoms with Gasteiger partial charge in [0.05, 0.1) is 25.3 Å². The fourth-order valence-corrected chi connectivity index (χ4v) is 2.53. The molecule has 0 saturated heterocycles. The summed E-state index contributed by atoms with van der Waals surface area (Å²) in [5.74, 6) is 0.00904. The van der Waals surface area contributed by atoms with Gasteiger partial charge in [-0.15, -0.1) is 0 Å². The van der Waals surface area contributed by atoms with Gasteiger partial charge in [0.2, 0.25) is 5.78 Å². The Morgan fingerprint density at radius 1 is 1.00 bits per heavy atom. The smallest absolute Gasteiger partial charge is 0.340 e. The maximum atomic E-state index is 12.5. The molecule has 0 spiro atoms. The van der Waals surface area contributed by atoms with Crippen LogP contribution >= 0.6 is 0 Å². The van der Waals surface area contributed by atoms with Gasteiger partial charge in [0, 0.05) is 12.2 Å². The van der Waals surface area contributed by atoms with E-state index in [0.29, 0.717) is 28.3 Å². The minimum atomic E-state index is -0.551. The lowest BCUT2D eigenvalue weighted by Crippen LogP contribution is -2.16. The molecule has 6 heteroatoms. The van der Waals surface area contributed by atoms with Crippen LogP contribution in [0.15, 0.2) is 42.5 Å². The number of hydrogen-bond acceptors (Lipinski definition) is 6. The summed E-state index contributed by atoms with van der Waals surface area (Å²) in [6.45, 7) is 2.48. The Balaban J connectivity index is 2.07. The number of carbonyl (C=O) groups excluding carboxylic acids is 2. The lowest BCUT2D eigenvalue weighted by atomic mass is 10.1. The van der Waals surface area contributed by atoms with E-state index in [1.807, 2.05) is 12.1 Å². The fraction of sp³-hybridized carbons (Fsp3) is 0.333. The highest BCUT2D eigenvalue weighted by Gasteiger charge is 2.18. The van der Waals surface area contributed by atoms with Crippen LogP contribution in [0.25, 0.3) is 0 Å². The van der Waals surface area contributed by atoms with Crippen molar-refractivity contribution in [1.82, 2.24) is 0 Å². The molecule has 2 aromatic rings. The van der Waals surface area contributed by atoms with Crippen molar-refractivity contribution in [2.24, 2.45) is 0 Å². The number of Topliss-reactive ketones (excluding diaryl/α,β-unsaturated/α-hetero) is 1. The van der Waals surface area contributed by atoms with Crippen LogP contribution in [0.2, 0.25) is 0 Å². The Morgan fingerprint density at radius 3 is 2.48 bits per heavy atom. The third kappa shape index (κ3) is 5.48. The van der Waals surface area contributed by atoms with Crippen molar-refractivity contribution in [1.29, 1.82) is 0 Å². The van der Waals surface area contributed by atoms with Crippen molar-refractivity contribution in [3.05, 3.63) is 53.6 Å². The summed E-state index contributed by atoms with van der Waals surface area (Å²) >= 11 is 0. The standard InChI is InChI=1S/C21H25NO5/c1-4-5-12-22-18-9-7-6-8-16(18)21(24)27-14-19(23)17-13-15(25-2)10-11-20(17)26-3/h6-11,13,22H,4-5,12,14H2,1-3H3. The molecule has 0 atom stereocenters. The van der Waals surface area contributed by atoms with E-state index >= 15 is 0 Å². The summed E-state index contributed by atoms with van der Waals surface area (Å²) in [7, 11) is 2.99. The minimum absolute atomic E-state index is 0.305. The van der Waals surface area contributed by atoms with Gasteiger partial charge in [-0.25, -0.2) is 4.79 Å². The Bertz CT molecular complexity index is 788. The first kappa shape index (κ1) is 20.3. The first-order chi connectivity index (χ1) is 13.1. The molecule has 144 valence electrons. The number of ketones is 1. The lowest BCUT2D eigenvalue weighted by Gasteiger charge is -2.12. The molecule has 2 rings (SSSR count). The van der Waals surface area contributed by atoms with Crippen LogP contribution in [-0.4, -0.2) is 39.1 Å². The molecule has 0 saturated carbocycles. The second-order valence-electron chi connectivity index (χ2n) is 5.89. The normalized spacial score (nSPS) is 10.2. The van der Waals surface area contributed by atoms with Crippen molar-refractivity contribution < 1.29 is 23.8 Å². The second kappa shape index (κ2) is 10.2. The molecule has 0 amide bonds. The van der Waals surface area contributed by atoms with Crippen LogP contribution in [0.1, 0.15) is 40.5 Å². The van der Waals surface area contributed by atoms with Gasteiger partial charge in [-0.1, -0.05) is 25.5 Å². The summed E-state index contributed by atoms with van der Waals surface area (Å²) in [5.41, 5.74) is 1.40. The zero-order chi connectivity index (χ0) is 19.6. The first-order valence-electron chi connectivity index (χ1n) is 8.86.